The second kappa shape index (κ2) is 6.75. The van der Waals surface area contributed by atoms with Crippen LogP contribution >= 0.6 is 0 Å². The van der Waals surface area contributed by atoms with E-state index in [9.17, 15) is 8.42 Å². The predicted octanol–water partition coefficient (Wildman–Crippen LogP) is 4.32. The van der Waals surface area contributed by atoms with Gasteiger partial charge in [-0.15, -0.1) is 0 Å². The number of sulfonamides is 1. The van der Waals surface area contributed by atoms with Crippen LogP contribution in [0.3, 0.4) is 0 Å². The summed E-state index contributed by atoms with van der Waals surface area (Å²) in [6.07, 6.45) is 6.55. The molecule has 3 nitrogen and oxygen atoms in total. The Kier molecular flexibility index (Phi) is 4.71. The minimum Gasteiger partial charge on any atom is -0.280 e. The zero-order valence-corrected chi connectivity index (χ0v) is 14.3. The van der Waals surface area contributed by atoms with Gasteiger partial charge in [0.05, 0.1) is 4.90 Å². The number of anilines is 1. The van der Waals surface area contributed by atoms with Crippen molar-refractivity contribution in [2.45, 2.75) is 50.3 Å². The van der Waals surface area contributed by atoms with Gasteiger partial charge in [-0.3, -0.25) is 4.72 Å². The number of nitrogens with one attached hydrogen (secondary N) is 1. The average Bonchev–Trinajstić information content (AvgIpc) is 3.00. The fraction of sp³-hybridized carbons (Fsp3) is 0.368. The van der Waals surface area contributed by atoms with Crippen LogP contribution in [0.15, 0.2) is 47.4 Å². The molecular formula is C19H23NO2S. The van der Waals surface area contributed by atoms with E-state index in [0.717, 1.165) is 38.5 Å². The molecule has 0 spiro atoms. The molecule has 0 saturated heterocycles. The highest BCUT2D eigenvalue weighted by Crippen LogP contribution is 2.26. The molecule has 0 atom stereocenters. The molecule has 0 bridgehead atoms. The lowest BCUT2D eigenvalue weighted by Gasteiger charge is -2.10. The summed E-state index contributed by atoms with van der Waals surface area (Å²) in [5, 5.41) is 0. The molecule has 1 aliphatic rings. The number of rotatable bonds is 6. The van der Waals surface area contributed by atoms with Gasteiger partial charge in [0.15, 0.2) is 0 Å². The molecule has 3 rings (SSSR count). The van der Waals surface area contributed by atoms with Crippen LogP contribution in [0.4, 0.5) is 5.69 Å². The Balaban J connectivity index is 1.76. The summed E-state index contributed by atoms with van der Waals surface area (Å²) in [7, 11) is -3.52. The van der Waals surface area contributed by atoms with Gasteiger partial charge in [-0.1, -0.05) is 31.5 Å². The van der Waals surface area contributed by atoms with E-state index < -0.39 is 10.0 Å². The molecule has 0 aromatic heterocycles. The fourth-order valence-corrected chi connectivity index (χ4v) is 4.12. The van der Waals surface area contributed by atoms with Crippen molar-refractivity contribution >= 4 is 15.7 Å². The maximum atomic E-state index is 12.5. The van der Waals surface area contributed by atoms with E-state index in [1.165, 1.54) is 16.7 Å². The molecule has 1 aliphatic carbocycles. The Morgan fingerprint density at radius 1 is 1.00 bits per heavy atom. The highest BCUT2D eigenvalue weighted by molar-refractivity contribution is 7.92. The van der Waals surface area contributed by atoms with Crippen LogP contribution < -0.4 is 4.72 Å². The first-order valence-electron chi connectivity index (χ1n) is 8.32. The third-order valence-electron chi connectivity index (χ3n) is 4.40. The number of hydrogen-bond acceptors (Lipinski definition) is 2. The average molecular weight is 329 g/mol. The van der Waals surface area contributed by atoms with Crippen molar-refractivity contribution in [2.75, 3.05) is 4.72 Å². The van der Waals surface area contributed by atoms with Gasteiger partial charge in [0, 0.05) is 5.69 Å². The van der Waals surface area contributed by atoms with E-state index in [1.54, 1.807) is 12.1 Å². The van der Waals surface area contributed by atoms with Gasteiger partial charge in [0.1, 0.15) is 0 Å². The van der Waals surface area contributed by atoms with Gasteiger partial charge >= 0.3 is 0 Å². The van der Waals surface area contributed by atoms with E-state index in [4.69, 9.17) is 0 Å². The third kappa shape index (κ3) is 3.75. The van der Waals surface area contributed by atoms with E-state index in [1.807, 2.05) is 30.3 Å². The van der Waals surface area contributed by atoms with E-state index in [-0.39, 0.29) is 0 Å². The van der Waals surface area contributed by atoms with Crippen LogP contribution in [0.1, 0.15) is 42.9 Å². The highest BCUT2D eigenvalue weighted by atomic mass is 32.2. The Morgan fingerprint density at radius 2 is 1.74 bits per heavy atom. The maximum Gasteiger partial charge on any atom is 0.261 e. The summed E-state index contributed by atoms with van der Waals surface area (Å²) in [6.45, 7) is 2.15. The minimum absolute atomic E-state index is 0.318. The van der Waals surface area contributed by atoms with Crippen molar-refractivity contribution in [1.29, 1.82) is 0 Å². The molecule has 122 valence electrons. The molecule has 0 aliphatic heterocycles. The van der Waals surface area contributed by atoms with Gasteiger partial charge in [-0.25, -0.2) is 8.42 Å². The summed E-state index contributed by atoms with van der Waals surface area (Å²) in [5.74, 6) is 0. The van der Waals surface area contributed by atoms with Crippen molar-refractivity contribution in [3.05, 3.63) is 59.2 Å². The summed E-state index contributed by atoms with van der Waals surface area (Å²) in [4.78, 5) is 0.318. The molecule has 0 fully saturated rings. The number of hydrogen-bond donors (Lipinski definition) is 1. The SMILES string of the molecule is CCCCc1ccc(S(=O)(=O)Nc2ccc3c(c2)CCC3)cc1. The molecule has 0 unspecified atom stereocenters. The zero-order valence-electron chi connectivity index (χ0n) is 13.5. The van der Waals surface area contributed by atoms with Crippen molar-refractivity contribution < 1.29 is 8.42 Å². The number of benzene rings is 2. The normalized spacial score (nSPS) is 13.8. The molecule has 0 saturated carbocycles. The minimum atomic E-state index is -3.52. The van der Waals surface area contributed by atoms with Gasteiger partial charge in [-0.2, -0.15) is 0 Å². The maximum absolute atomic E-state index is 12.5. The summed E-state index contributed by atoms with van der Waals surface area (Å²) < 4.78 is 27.7. The predicted molar refractivity (Wildman–Crippen MR) is 94.3 cm³/mol. The van der Waals surface area contributed by atoms with Crippen LogP contribution in [-0.4, -0.2) is 8.42 Å². The highest BCUT2D eigenvalue weighted by Gasteiger charge is 2.16. The molecule has 4 heteroatoms. The lowest BCUT2D eigenvalue weighted by Crippen LogP contribution is -2.13. The van der Waals surface area contributed by atoms with E-state index in [0.29, 0.717) is 10.6 Å². The fourth-order valence-electron chi connectivity index (χ4n) is 3.07. The van der Waals surface area contributed by atoms with Crippen LogP contribution in [0.25, 0.3) is 0 Å². The lowest BCUT2D eigenvalue weighted by atomic mass is 10.1. The van der Waals surface area contributed by atoms with Crippen molar-refractivity contribution in [3.8, 4) is 0 Å². The second-order valence-electron chi connectivity index (χ2n) is 6.19. The van der Waals surface area contributed by atoms with Crippen molar-refractivity contribution in [2.24, 2.45) is 0 Å². The number of aryl methyl sites for hydroxylation is 3. The van der Waals surface area contributed by atoms with Crippen LogP contribution in [-0.2, 0) is 29.3 Å². The van der Waals surface area contributed by atoms with Gasteiger partial charge < -0.3 is 0 Å². The van der Waals surface area contributed by atoms with Crippen LogP contribution in [0, 0.1) is 0 Å². The Morgan fingerprint density at radius 3 is 2.48 bits per heavy atom. The largest absolute Gasteiger partial charge is 0.280 e. The van der Waals surface area contributed by atoms with Gasteiger partial charge in [-0.05, 0) is 73.1 Å². The van der Waals surface area contributed by atoms with Gasteiger partial charge in [0.2, 0.25) is 0 Å². The number of fused-ring (bicyclic) bond motifs is 1. The topological polar surface area (TPSA) is 46.2 Å². The monoisotopic (exact) mass is 329 g/mol. The first kappa shape index (κ1) is 16.1. The Bertz CT molecular complexity index is 780. The van der Waals surface area contributed by atoms with E-state index >= 15 is 0 Å². The number of unbranched alkanes of at least 4 members (excludes halogenated alkanes) is 1. The third-order valence-corrected chi connectivity index (χ3v) is 5.80. The first-order chi connectivity index (χ1) is 11.1. The molecule has 1 N–H and O–H groups in total. The van der Waals surface area contributed by atoms with Crippen LogP contribution in [0.5, 0.6) is 0 Å². The summed E-state index contributed by atoms with van der Waals surface area (Å²) >= 11 is 0. The Hall–Kier alpha value is -1.81. The van der Waals surface area contributed by atoms with Crippen molar-refractivity contribution in [3.63, 3.8) is 0 Å². The molecule has 23 heavy (non-hydrogen) atoms. The summed E-state index contributed by atoms with van der Waals surface area (Å²) in [5.41, 5.74) is 4.44. The quantitative estimate of drug-likeness (QED) is 0.858. The smallest absolute Gasteiger partial charge is 0.261 e. The molecule has 0 heterocycles. The molecule has 0 radical (unpaired) electrons. The Labute approximate surface area is 138 Å². The zero-order chi connectivity index (χ0) is 16.3. The van der Waals surface area contributed by atoms with Crippen LogP contribution in [0.2, 0.25) is 0 Å². The van der Waals surface area contributed by atoms with E-state index in [2.05, 4.69) is 11.6 Å². The standard InChI is InChI=1S/C19H23NO2S/c1-2-3-5-15-8-12-19(13-9-15)23(21,22)20-18-11-10-16-6-4-7-17(16)14-18/h8-14,20H,2-7H2,1H3. The molecule has 2 aromatic carbocycles. The molecular weight excluding hydrogens is 306 g/mol. The summed E-state index contributed by atoms with van der Waals surface area (Å²) in [6, 6.07) is 13.1. The second-order valence-corrected chi connectivity index (χ2v) is 7.87. The van der Waals surface area contributed by atoms with Gasteiger partial charge in [0.25, 0.3) is 10.0 Å². The molecule has 0 amide bonds. The first-order valence-corrected chi connectivity index (χ1v) is 9.80. The molecule has 2 aromatic rings. The van der Waals surface area contributed by atoms with Crippen molar-refractivity contribution in [1.82, 2.24) is 0 Å². The lowest BCUT2D eigenvalue weighted by molar-refractivity contribution is 0.601.